The molecule has 1 aliphatic rings. The molecule has 2 heterocycles. The number of fused-ring (bicyclic) bond motifs is 1. The summed E-state index contributed by atoms with van der Waals surface area (Å²) in [5.74, 6) is 1.46. The van der Waals surface area contributed by atoms with Crippen molar-refractivity contribution in [2.24, 2.45) is 0 Å². The van der Waals surface area contributed by atoms with Gasteiger partial charge < -0.3 is 10.6 Å². The first kappa shape index (κ1) is 12.4. The summed E-state index contributed by atoms with van der Waals surface area (Å²) < 4.78 is 0. The lowest BCUT2D eigenvalue weighted by atomic mass is 10.1. The first-order valence-corrected chi connectivity index (χ1v) is 7.06. The van der Waals surface area contributed by atoms with Gasteiger partial charge in [0.05, 0.1) is 5.52 Å². The van der Waals surface area contributed by atoms with Gasteiger partial charge in [0.1, 0.15) is 11.6 Å². The van der Waals surface area contributed by atoms with Crippen LogP contribution in [-0.2, 0) is 6.42 Å². The van der Waals surface area contributed by atoms with Crippen LogP contribution in [-0.4, -0.2) is 34.5 Å². The van der Waals surface area contributed by atoms with Crippen LogP contribution in [0.15, 0.2) is 24.3 Å². The number of rotatable bonds is 3. The Morgan fingerprint density at radius 1 is 1.05 bits per heavy atom. The average molecular weight is 256 g/mol. The summed E-state index contributed by atoms with van der Waals surface area (Å²) in [4.78, 5) is 11.5. The first-order valence-electron chi connectivity index (χ1n) is 7.06. The molecule has 0 amide bonds. The smallest absolute Gasteiger partial charge is 0.135 e. The van der Waals surface area contributed by atoms with Crippen molar-refractivity contribution >= 4 is 16.7 Å². The van der Waals surface area contributed by atoms with Crippen molar-refractivity contribution < 1.29 is 0 Å². The minimum Gasteiger partial charge on any atom is -0.383 e. The van der Waals surface area contributed by atoms with Gasteiger partial charge in [-0.2, -0.15) is 0 Å². The van der Waals surface area contributed by atoms with E-state index in [0.717, 1.165) is 29.7 Å². The van der Waals surface area contributed by atoms with E-state index in [1.165, 1.54) is 32.4 Å². The average Bonchev–Trinajstić information content (AvgIpc) is 2.46. The Balaban J connectivity index is 1.73. The third-order valence-electron chi connectivity index (χ3n) is 3.78. The van der Waals surface area contributed by atoms with Crippen LogP contribution in [0.1, 0.15) is 25.1 Å². The van der Waals surface area contributed by atoms with Crippen LogP contribution in [0.5, 0.6) is 0 Å². The van der Waals surface area contributed by atoms with E-state index in [2.05, 4.69) is 14.9 Å². The van der Waals surface area contributed by atoms with E-state index in [1.807, 2.05) is 24.3 Å². The summed E-state index contributed by atoms with van der Waals surface area (Å²) in [5, 5.41) is 0.948. The fraction of sp³-hybridized carbons (Fsp3) is 0.467. The highest BCUT2D eigenvalue weighted by Crippen LogP contribution is 2.17. The zero-order valence-electron chi connectivity index (χ0n) is 11.2. The number of nitrogen functional groups attached to an aromatic ring is 1. The number of aromatic nitrogens is 2. The molecule has 1 aromatic heterocycles. The standard InChI is InChI=1S/C15H20N4/c16-15-12-6-2-3-7-13(12)17-14(18-15)8-11-19-9-4-1-5-10-19/h2-3,6-7H,1,4-5,8-11H2,(H2,16,17,18). The molecule has 0 aliphatic carbocycles. The van der Waals surface area contributed by atoms with Crippen molar-refractivity contribution in [2.75, 3.05) is 25.4 Å². The molecule has 3 rings (SSSR count). The molecule has 0 unspecified atom stereocenters. The molecular weight excluding hydrogens is 236 g/mol. The third kappa shape index (κ3) is 2.84. The summed E-state index contributed by atoms with van der Waals surface area (Å²) in [5.41, 5.74) is 6.95. The summed E-state index contributed by atoms with van der Waals surface area (Å²) in [6.45, 7) is 3.46. The van der Waals surface area contributed by atoms with E-state index in [4.69, 9.17) is 5.73 Å². The number of nitrogens with two attached hydrogens (primary N) is 1. The van der Waals surface area contributed by atoms with Crippen molar-refractivity contribution in [1.82, 2.24) is 14.9 Å². The van der Waals surface area contributed by atoms with Crippen LogP contribution in [0.4, 0.5) is 5.82 Å². The monoisotopic (exact) mass is 256 g/mol. The fourth-order valence-electron chi connectivity index (χ4n) is 2.70. The Morgan fingerprint density at radius 2 is 1.84 bits per heavy atom. The van der Waals surface area contributed by atoms with Gasteiger partial charge >= 0.3 is 0 Å². The molecule has 0 spiro atoms. The van der Waals surface area contributed by atoms with Crippen LogP contribution in [0.25, 0.3) is 10.9 Å². The molecule has 4 nitrogen and oxygen atoms in total. The number of benzene rings is 1. The SMILES string of the molecule is Nc1nc(CCN2CCCCC2)nc2ccccc12. The zero-order chi connectivity index (χ0) is 13.1. The maximum atomic E-state index is 6.00. The molecule has 1 saturated heterocycles. The molecular formula is C15H20N4. The van der Waals surface area contributed by atoms with E-state index >= 15 is 0 Å². The molecule has 2 N–H and O–H groups in total. The minimum absolute atomic E-state index is 0.597. The Labute approximate surface area is 113 Å². The number of anilines is 1. The first-order chi connectivity index (χ1) is 9.33. The van der Waals surface area contributed by atoms with Gasteiger partial charge in [-0.1, -0.05) is 18.6 Å². The van der Waals surface area contributed by atoms with Gasteiger partial charge in [0.15, 0.2) is 0 Å². The molecule has 1 aromatic carbocycles. The molecule has 0 radical (unpaired) electrons. The van der Waals surface area contributed by atoms with Crippen LogP contribution in [0.3, 0.4) is 0 Å². The predicted molar refractivity (Wildman–Crippen MR) is 77.9 cm³/mol. The minimum atomic E-state index is 0.597. The van der Waals surface area contributed by atoms with Gasteiger partial charge in [0.25, 0.3) is 0 Å². The highest BCUT2D eigenvalue weighted by Gasteiger charge is 2.11. The summed E-state index contributed by atoms with van der Waals surface area (Å²) in [6.07, 6.45) is 4.90. The van der Waals surface area contributed by atoms with Crippen LogP contribution in [0.2, 0.25) is 0 Å². The maximum absolute atomic E-state index is 6.00. The molecule has 1 aliphatic heterocycles. The number of para-hydroxylation sites is 1. The van der Waals surface area contributed by atoms with Gasteiger partial charge in [0.2, 0.25) is 0 Å². The molecule has 1 fully saturated rings. The van der Waals surface area contributed by atoms with Crippen molar-refractivity contribution in [3.8, 4) is 0 Å². The lowest BCUT2D eigenvalue weighted by Crippen LogP contribution is -2.31. The molecule has 19 heavy (non-hydrogen) atoms. The Hall–Kier alpha value is -1.68. The van der Waals surface area contributed by atoms with Crippen LogP contribution < -0.4 is 5.73 Å². The van der Waals surface area contributed by atoms with Gasteiger partial charge in [-0.25, -0.2) is 9.97 Å². The number of nitrogens with zero attached hydrogens (tertiary/aromatic N) is 3. The highest BCUT2D eigenvalue weighted by molar-refractivity contribution is 5.87. The molecule has 0 atom stereocenters. The highest BCUT2D eigenvalue weighted by atomic mass is 15.1. The van der Waals surface area contributed by atoms with Crippen molar-refractivity contribution in [2.45, 2.75) is 25.7 Å². The van der Waals surface area contributed by atoms with Crippen LogP contribution in [0, 0.1) is 0 Å². The van der Waals surface area contributed by atoms with E-state index in [9.17, 15) is 0 Å². The zero-order valence-corrected chi connectivity index (χ0v) is 11.2. The Kier molecular flexibility index (Phi) is 3.60. The summed E-state index contributed by atoms with van der Waals surface area (Å²) in [6, 6.07) is 7.93. The topological polar surface area (TPSA) is 55.0 Å². The number of hydrogen-bond donors (Lipinski definition) is 1. The van der Waals surface area contributed by atoms with Gasteiger partial charge in [-0.05, 0) is 38.1 Å². The largest absolute Gasteiger partial charge is 0.383 e. The molecule has 2 aromatic rings. The number of piperidine rings is 1. The number of likely N-dealkylation sites (tertiary alicyclic amines) is 1. The summed E-state index contributed by atoms with van der Waals surface area (Å²) in [7, 11) is 0. The van der Waals surface area contributed by atoms with Gasteiger partial charge in [-0.3, -0.25) is 0 Å². The number of hydrogen-bond acceptors (Lipinski definition) is 4. The van der Waals surface area contributed by atoms with E-state index in [1.54, 1.807) is 0 Å². The van der Waals surface area contributed by atoms with Crippen molar-refractivity contribution in [3.63, 3.8) is 0 Å². The van der Waals surface area contributed by atoms with E-state index in [0.29, 0.717) is 5.82 Å². The Morgan fingerprint density at radius 3 is 2.68 bits per heavy atom. The van der Waals surface area contributed by atoms with E-state index < -0.39 is 0 Å². The quantitative estimate of drug-likeness (QED) is 0.915. The molecule has 100 valence electrons. The second-order valence-corrected chi connectivity index (χ2v) is 5.19. The lowest BCUT2D eigenvalue weighted by Gasteiger charge is -2.25. The normalized spacial score (nSPS) is 16.8. The second kappa shape index (κ2) is 5.53. The van der Waals surface area contributed by atoms with Crippen LogP contribution >= 0.6 is 0 Å². The van der Waals surface area contributed by atoms with Gasteiger partial charge in [0, 0.05) is 18.4 Å². The van der Waals surface area contributed by atoms with Crippen molar-refractivity contribution in [1.29, 1.82) is 0 Å². The molecule has 0 bridgehead atoms. The maximum Gasteiger partial charge on any atom is 0.135 e. The summed E-state index contributed by atoms with van der Waals surface area (Å²) >= 11 is 0. The van der Waals surface area contributed by atoms with E-state index in [-0.39, 0.29) is 0 Å². The molecule has 0 saturated carbocycles. The molecule has 4 heteroatoms. The van der Waals surface area contributed by atoms with Gasteiger partial charge in [-0.15, -0.1) is 0 Å². The fourth-order valence-corrected chi connectivity index (χ4v) is 2.70. The third-order valence-corrected chi connectivity index (χ3v) is 3.78. The Bertz CT molecular complexity index is 561. The second-order valence-electron chi connectivity index (χ2n) is 5.19. The van der Waals surface area contributed by atoms with Crippen molar-refractivity contribution in [3.05, 3.63) is 30.1 Å². The predicted octanol–water partition coefficient (Wildman–Crippen LogP) is 2.24. The lowest BCUT2D eigenvalue weighted by molar-refractivity contribution is 0.230.